The molecule has 2 fully saturated rings. The van der Waals surface area contributed by atoms with Crippen LogP contribution >= 0.6 is 11.6 Å². The number of halogens is 3. The van der Waals surface area contributed by atoms with Gasteiger partial charge in [0.05, 0.1) is 11.5 Å². The minimum Gasteiger partial charge on any atom is -0.493 e. The Morgan fingerprint density at radius 2 is 1.68 bits per heavy atom. The van der Waals surface area contributed by atoms with E-state index in [0.29, 0.717) is 42.8 Å². The first-order valence-electron chi connectivity index (χ1n) is 12.3. The Kier molecular flexibility index (Phi) is 8.42. The molecular formula is C26H32ClF2N3O4S. The minimum absolute atomic E-state index is 0.0286. The van der Waals surface area contributed by atoms with E-state index in [1.54, 1.807) is 12.1 Å². The maximum atomic E-state index is 13.7. The molecule has 37 heavy (non-hydrogen) atoms. The molecule has 202 valence electrons. The lowest BCUT2D eigenvalue weighted by Gasteiger charge is -2.42. The summed E-state index contributed by atoms with van der Waals surface area (Å²) < 4.78 is 60.7. The number of hydrogen-bond acceptors (Lipinski definition) is 5. The van der Waals surface area contributed by atoms with Gasteiger partial charge in [0, 0.05) is 56.1 Å². The highest BCUT2D eigenvalue weighted by Crippen LogP contribution is 2.38. The van der Waals surface area contributed by atoms with Crippen LogP contribution in [-0.2, 0) is 14.8 Å². The molecule has 0 aromatic heterocycles. The summed E-state index contributed by atoms with van der Waals surface area (Å²) in [5.74, 6) is -1.66. The monoisotopic (exact) mass is 555 g/mol. The van der Waals surface area contributed by atoms with Gasteiger partial charge in [0.15, 0.2) is 11.6 Å². The first-order chi connectivity index (χ1) is 17.5. The minimum atomic E-state index is -4.01. The van der Waals surface area contributed by atoms with Crippen molar-refractivity contribution in [3.8, 4) is 5.75 Å². The molecule has 0 radical (unpaired) electrons. The summed E-state index contributed by atoms with van der Waals surface area (Å²) in [4.78, 5) is 17.0. The molecule has 2 aromatic rings. The van der Waals surface area contributed by atoms with Gasteiger partial charge in [-0.1, -0.05) is 11.6 Å². The quantitative estimate of drug-likeness (QED) is 0.518. The summed E-state index contributed by atoms with van der Waals surface area (Å²) in [7, 11) is -1.99. The van der Waals surface area contributed by atoms with Crippen LogP contribution in [0.1, 0.15) is 24.8 Å². The number of nitrogens with zero attached hydrogens (tertiary/aromatic N) is 3. The van der Waals surface area contributed by atoms with Crippen molar-refractivity contribution in [3.05, 3.63) is 58.6 Å². The predicted octanol–water partition coefficient (Wildman–Crippen LogP) is 3.94. The van der Waals surface area contributed by atoms with E-state index >= 15 is 0 Å². The molecule has 2 aliphatic heterocycles. The molecule has 0 aliphatic carbocycles. The third-order valence-corrected chi connectivity index (χ3v) is 9.69. The van der Waals surface area contributed by atoms with E-state index in [2.05, 4.69) is 4.90 Å². The number of benzene rings is 2. The van der Waals surface area contributed by atoms with Crippen molar-refractivity contribution in [2.75, 3.05) is 52.9 Å². The molecule has 4 rings (SSSR count). The highest BCUT2D eigenvalue weighted by atomic mass is 35.5. The molecule has 0 saturated carbocycles. The molecule has 0 spiro atoms. The number of piperazine rings is 1. The first-order valence-corrected chi connectivity index (χ1v) is 14.1. The second kappa shape index (κ2) is 11.2. The number of aryl methyl sites for hydroxylation is 1. The third-order valence-electron chi connectivity index (χ3n) is 7.37. The highest BCUT2D eigenvalue weighted by molar-refractivity contribution is 7.89. The van der Waals surface area contributed by atoms with Gasteiger partial charge in [-0.2, -0.15) is 4.31 Å². The van der Waals surface area contributed by atoms with Crippen LogP contribution in [-0.4, -0.2) is 81.4 Å². The summed E-state index contributed by atoms with van der Waals surface area (Å²) >= 11 is 6.13. The number of amides is 1. The smallest absolute Gasteiger partial charge is 0.243 e. The fourth-order valence-corrected chi connectivity index (χ4v) is 6.36. The zero-order valence-corrected chi connectivity index (χ0v) is 22.6. The molecule has 2 saturated heterocycles. The van der Waals surface area contributed by atoms with Gasteiger partial charge in [0.25, 0.3) is 0 Å². The zero-order chi connectivity index (χ0) is 26.8. The summed E-state index contributed by atoms with van der Waals surface area (Å²) in [5.41, 5.74) is 0.294. The Bertz CT molecular complexity index is 1240. The van der Waals surface area contributed by atoms with Crippen molar-refractivity contribution in [3.63, 3.8) is 0 Å². The Balaban J connectivity index is 1.50. The zero-order valence-electron chi connectivity index (χ0n) is 21.1. The van der Waals surface area contributed by atoms with Crippen molar-refractivity contribution in [1.82, 2.24) is 14.1 Å². The van der Waals surface area contributed by atoms with E-state index in [1.807, 2.05) is 24.9 Å². The lowest BCUT2D eigenvalue weighted by atomic mass is 9.76. The molecular weight excluding hydrogens is 524 g/mol. The lowest BCUT2D eigenvalue weighted by Crippen LogP contribution is -2.51. The maximum absolute atomic E-state index is 13.7. The topological polar surface area (TPSA) is 70.2 Å². The van der Waals surface area contributed by atoms with Crippen LogP contribution < -0.4 is 4.74 Å². The number of carbonyl (C=O) groups is 1. The number of rotatable bonds is 7. The van der Waals surface area contributed by atoms with Gasteiger partial charge in [-0.05, 0) is 68.8 Å². The number of likely N-dealkylation sites (N-methyl/N-ethyl adjacent to an activating group) is 1. The van der Waals surface area contributed by atoms with E-state index in [9.17, 15) is 22.0 Å². The highest BCUT2D eigenvalue weighted by Gasteiger charge is 2.42. The number of ether oxygens (including phenoxy) is 1. The predicted molar refractivity (Wildman–Crippen MR) is 137 cm³/mol. The van der Waals surface area contributed by atoms with Gasteiger partial charge < -0.3 is 14.5 Å². The number of carbonyl (C=O) groups excluding carboxylic acids is 1. The molecule has 7 nitrogen and oxygen atoms in total. The van der Waals surface area contributed by atoms with Gasteiger partial charge in [-0.15, -0.1) is 0 Å². The fourth-order valence-electron chi connectivity index (χ4n) is 4.79. The molecule has 2 heterocycles. The van der Waals surface area contributed by atoms with Crippen molar-refractivity contribution < 1.29 is 26.7 Å². The van der Waals surface area contributed by atoms with Crippen LogP contribution in [0.15, 0.2) is 41.3 Å². The van der Waals surface area contributed by atoms with E-state index in [4.69, 9.17) is 16.3 Å². The molecule has 2 aromatic carbocycles. The standard InChI is InChI=1S/C26H32ClF2N3O4S/c1-19-15-20(3-5-22(19)27)36-18-26(17-25(33)31-13-11-30(2)12-14-31)7-9-32(10-8-26)37(34,35)21-4-6-23(28)24(29)16-21/h3-6,15-16H,7-14,17-18H2,1-2H3. The van der Waals surface area contributed by atoms with Crippen LogP contribution in [0.25, 0.3) is 0 Å². The SMILES string of the molecule is Cc1cc(OCC2(CC(=O)N3CCN(C)CC3)CCN(S(=O)(=O)c3ccc(F)c(F)c3)CC2)ccc1Cl. The Morgan fingerprint density at radius 3 is 2.30 bits per heavy atom. The van der Waals surface area contributed by atoms with Gasteiger partial charge in [-0.25, -0.2) is 17.2 Å². The summed E-state index contributed by atoms with van der Waals surface area (Å²) in [6.45, 7) is 5.31. The Hall–Kier alpha value is -2.27. The molecule has 11 heteroatoms. The van der Waals surface area contributed by atoms with Crippen LogP contribution in [0, 0.1) is 24.0 Å². The summed E-state index contributed by atoms with van der Waals surface area (Å²) in [5, 5.41) is 0.628. The van der Waals surface area contributed by atoms with Gasteiger partial charge in [-0.3, -0.25) is 4.79 Å². The number of sulfonamides is 1. The van der Waals surface area contributed by atoms with Gasteiger partial charge in [0.1, 0.15) is 5.75 Å². The Labute approximate surface area is 222 Å². The average molecular weight is 556 g/mol. The van der Waals surface area contributed by atoms with Crippen LogP contribution in [0.4, 0.5) is 8.78 Å². The molecule has 0 bridgehead atoms. The molecule has 2 aliphatic rings. The number of piperidine rings is 1. The van der Waals surface area contributed by atoms with Crippen molar-refractivity contribution in [1.29, 1.82) is 0 Å². The number of hydrogen-bond donors (Lipinski definition) is 0. The summed E-state index contributed by atoms with van der Waals surface area (Å²) in [6.07, 6.45) is 1.02. The van der Waals surface area contributed by atoms with E-state index < -0.39 is 27.1 Å². The first kappa shape index (κ1) is 27.8. The molecule has 0 unspecified atom stereocenters. The average Bonchev–Trinajstić information content (AvgIpc) is 2.87. The van der Waals surface area contributed by atoms with E-state index in [0.717, 1.165) is 30.8 Å². The Morgan fingerprint density at radius 1 is 1.00 bits per heavy atom. The van der Waals surface area contributed by atoms with Crippen LogP contribution in [0.5, 0.6) is 5.75 Å². The third kappa shape index (κ3) is 6.42. The largest absolute Gasteiger partial charge is 0.493 e. The van der Waals surface area contributed by atoms with E-state index in [-0.39, 0.29) is 36.9 Å². The van der Waals surface area contributed by atoms with Crippen molar-refractivity contribution in [2.24, 2.45) is 5.41 Å². The van der Waals surface area contributed by atoms with Crippen molar-refractivity contribution in [2.45, 2.75) is 31.1 Å². The molecule has 0 atom stereocenters. The van der Waals surface area contributed by atoms with Gasteiger partial charge in [0.2, 0.25) is 15.9 Å². The lowest BCUT2D eigenvalue weighted by molar-refractivity contribution is -0.136. The molecule has 0 N–H and O–H groups in total. The van der Waals surface area contributed by atoms with Gasteiger partial charge >= 0.3 is 0 Å². The fraction of sp³-hybridized carbons (Fsp3) is 0.500. The van der Waals surface area contributed by atoms with Crippen LogP contribution in [0.3, 0.4) is 0 Å². The second-order valence-corrected chi connectivity index (χ2v) is 12.4. The maximum Gasteiger partial charge on any atom is 0.243 e. The van der Waals surface area contributed by atoms with Crippen LogP contribution in [0.2, 0.25) is 5.02 Å². The van der Waals surface area contributed by atoms with E-state index in [1.165, 1.54) is 4.31 Å². The van der Waals surface area contributed by atoms with Crippen molar-refractivity contribution >= 4 is 27.5 Å². The molecule has 1 amide bonds. The summed E-state index contributed by atoms with van der Waals surface area (Å²) in [6, 6.07) is 7.95. The second-order valence-electron chi connectivity index (χ2n) is 10.0. The normalized spacial score (nSPS) is 19.1.